The molecule has 1 aromatic rings. The Morgan fingerprint density at radius 1 is 1.44 bits per heavy atom. The fourth-order valence-corrected chi connectivity index (χ4v) is 1.60. The maximum Gasteiger partial charge on any atom is 0.126 e. The highest BCUT2D eigenvalue weighted by molar-refractivity contribution is 5.32. The molecule has 0 bridgehead atoms. The Kier molecular flexibility index (Phi) is 5.60. The molecule has 1 unspecified atom stereocenters. The van der Waals surface area contributed by atoms with Crippen molar-refractivity contribution in [1.82, 2.24) is 5.32 Å². The highest BCUT2D eigenvalue weighted by Gasteiger charge is 2.09. The van der Waals surface area contributed by atoms with Crippen molar-refractivity contribution in [3.8, 4) is 11.8 Å². The van der Waals surface area contributed by atoms with E-state index in [9.17, 15) is 4.39 Å². The van der Waals surface area contributed by atoms with Crippen molar-refractivity contribution in [2.75, 3.05) is 6.61 Å². The van der Waals surface area contributed by atoms with Gasteiger partial charge < -0.3 is 4.74 Å². The Bertz CT molecular complexity index is 426. The Hall–Kier alpha value is -1.60. The zero-order valence-electron chi connectivity index (χ0n) is 11.0. The average molecular weight is 250 g/mol. The van der Waals surface area contributed by atoms with Crippen LogP contribution in [0.15, 0.2) is 18.2 Å². The number of nitrogens with zero attached hydrogens (tertiary/aromatic N) is 1. The molecule has 0 spiro atoms. The molecule has 4 heteroatoms. The van der Waals surface area contributed by atoms with Crippen LogP contribution in [0.3, 0.4) is 0 Å². The zero-order valence-corrected chi connectivity index (χ0v) is 11.0. The van der Waals surface area contributed by atoms with Gasteiger partial charge in [0.05, 0.1) is 18.7 Å². The van der Waals surface area contributed by atoms with Gasteiger partial charge in [0.2, 0.25) is 0 Å². The van der Waals surface area contributed by atoms with Gasteiger partial charge in [0.25, 0.3) is 0 Å². The van der Waals surface area contributed by atoms with Crippen LogP contribution < -0.4 is 10.1 Å². The van der Waals surface area contributed by atoms with Gasteiger partial charge in [-0.05, 0) is 32.4 Å². The summed E-state index contributed by atoms with van der Waals surface area (Å²) < 4.78 is 18.5. The van der Waals surface area contributed by atoms with E-state index >= 15 is 0 Å². The van der Waals surface area contributed by atoms with Gasteiger partial charge >= 0.3 is 0 Å². The van der Waals surface area contributed by atoms with E-state index in [2.05, 4.69) is 11.4 Å². The van der Waals surface area contributed by atoms with Crippen LogP contribution in [0.1, 0.15) is 25.8 Å². The van der Waals surface area contributed by atoms with Crippen LogP contribution in [-0.2, 0) is 0 Å². The SMILES string of the molecule is Cc1ccc(F)cc1OCCC(C#N)NC(C)C. The average Bonchev–Trinajstić information content (AvgIpc) is 2.31. The Morgan fingerprint density at radius 3 is 2.78 bits per heavy atom. The van der Waals surface area contributed by atoms with E-state index in [1.165, 1.54) is 12.1 Å². The van der Waals surface area contributed by atoms with Gasteiger partial charge in [-0.1, -0.05) is 6.07 Å². The summed E-state index contributed by atoms with van der Waals surface area (Å²) in [5, 5.41) is 12.1. The predicted molar refractivity (Wildman–Crippen MR) is 68.9 cm³/mol. The number of aryl methyl sites for hydroxylation is 1. The summed E-state index contributed by atoms with van der Waals surface area (Å²) in [5.41, 5.74) is 0.890. The van der Waals surface area contributed by atoms with Crippen LogP contribution in [-0.4, -0.2) is 18.7 Å². The lowest BCUT2D eigenvalue weighted by Crippen LogP contribution is -2.34. The van der Waals surface area contributed by atoms with Crippen molar-refractivity contribution < 1.29 is 9.13 Å². The number of hydrogen-bond donors (Lipinski definition) is 1. The molecule has 0 saturated carbocycles. The number of rotatable bonds is 6. The Balaban J connectivity index is 2.46. The predicted octanol–water partition coefficient (Wildman–Crippen LogP) is 2.79. The van der Waals surface area contributed by atoms with Crippen LogP contribution in [0.4, 0.5) is 4.39 Å². The van der Waals surface area contributed by atoms with Crippen LogP contribution in [0.5, 0.6) is 5.75 Å². The molecule has 0 aliphatic rings. The number of ether oxygens (including phenoxy) is 1. The number of nitrogens with one attached hydrogen (secondary N) is 1. The first-order valence-corrected chi connectivity index (χ1v) is 6.07. The van der Waals surface area contributed by atoms with E-state index in [-0.39, 0.29) is 17.9 Å². The largest absolute Gasteiger partial charge is 0.493 e. The molecule has 0 fully saturated rings. The molecule has 18 heavy (non-hydrogen) atoms. The minimum absolute atomic E-state index is 0.237. The summed E-state index contributed by atoms with van der Waals surface area (Å²) in [5.74, 6) is 0.226. The highest BCUT2D eigenvalue weighted by atomic mass is 19.1. The van der Waals surface area contributed by atoms with Gasteiger partial charge in [-0.15, -0.1) is 0 Å². The monoisotopic (exact) mass is 250 g/mol. The van der Waals surface area contributed by atoms with E-state index in [0.717, 1.165) is 5.56 Å². The maximum absolute atomic E-state index is 13.0. The molecule has 1 atom stereocenters. The summed E-state index contributed by atoms with van der Waals surface area (Å²) in [6.45, 7) is 6.23. The van der Waals surface area contributed by atoms with Gasteiger partial charge in [-0.25, -0.2) is 4.39 Å². The molecule has 1 aromatic carbocycles. The van der Waals surface area contributed by atoms with Crippen molar-refractivity contribution in [1.29, 1.82) is 5.26 Å². The minimum atomic E-state index is -0.312. The van der Waals surface area contributed by atoms with Gasteiger partial charge in [0, 0.05) is 18.5 Å². The molecule has 98 valence electrons. The van der Waals surface area contributed by atoms with E-state index in [4.69, 9.17) is 10.00 Å². The van der Waals surface area contributed by atoms with Crippen molar-refractivity contribution in [3.05, 3.63) is 29.6 Å². The number of nitriles is 1. The first-order chi connectivity index (χ1) is 8.52. The van der Waals surface area contributed by atoms with Crippen molar-refractivity contribution in [2.24, 2.45) is 0 Å². The standard InChI is InChI=1S/C14H19FN2O/c1-10(2)17-13(9-16)6-7-18-14-8-12(15)5-4-11(14)3/h4-5,8,10,13,17H,6-7H2,1-3H3. The van der Waals surface area contributed by atoms with Crippen molar-refractivity contribution in [2.45, 2.75) is 39.3 Å². The Labute approximate surface area is 108 Å². The quantitative estimate of drug-likeness (QED) is 0.844. The van der Waals surface area contributed by atoms with E-state index < -0.39 is 0 Å². The van der Waals surface area contributed by atoms with Crippen molar-refractivity contribution in [3.63, 3.8) is 0 Å². The molecular formula is C14H19FN2O. The van der Waals surface area contributed by atoms with Gasteiger partial charge in [-0.2, -0.15) is 5.26 Å². The van der Waals surface area contributed by atoms with E-state index in [0.29, 0.717) is 18.8 Å². The third-order valence-electron chi connectivity index (χ3n) is 2.50. The highest BCUT2D eigenvalue weighted by Crippen LogP contribution is 2.18. The molecule has 0 radical (unpaired) electrons. The first kappa shape index (κ1) is 14.5. The van der Waals surface area contributed by atoms with Crippen LogP contribution in [0.2, 0.25) is 0 Å². The second-order valence-electron chi connectivity index (χ2n) is 4.55. The summed E-state index contributed by atoms with van der Waals surface area (Å²) in [6.07, 6.45) is 0.574. The molecule has 0 heterocycles. The third-order valence-corrected chi connectivity index (χ3v) is 2.50. The lowest BCUT2D eigenvalue weighted by atomic mass is 10.2. The summed E-state index contributed by atoms with van der Waals surface area (Å²) in [7, 11) is 0. The second kappa shape index (κ2) is 6.97. The molecular weight excluding hydrogens is 231 g/mol. The molecule has 0 aliphatic carbocycles. The molecule has 0 aromatic heterocycles. The summed E-state index contributed by atoms with van der Waals surface area (Å²) in [4.78, 5) is 0. The molecule has 0 amide bonds. The van der Waals surface area contributed by atoms with Crippen molar-refractivity contribution >= 4 is 0 Å². The normalized spacial score (nSPS) is 12.2. The molecule has 1 N–H and O–H groups in total. The third kappa shape index (κ3) is 4.72. The van der Waals surface area contributed by atoms with Gasteiger partial charge in [-0.3, -0.25) is 5.32 Å². The summed E-state index contributed by atoms with van der Waals surface area (Å²) >= 11 is 0. The van der Waals surface area contributed by atoms with Gasteiger partial charge in [0.15, 0.2) is 0 Å². The second-order valence-corrected chi connectivity index (χ2v) is 4.55. The fraction of sp³-hybridized carbons (Fsp3) is 0.500. The lowest BCUT2D eigenvalue weighted by Gasteiger charge is -2.15. The summed E-state index contributed by atoms with van der Waals surface area (Å²) in [6, 6.07) is 6.65. The van der Waals surface area contributed by atoms with Crippen LogP contribution in [0.25, 0.3) is 0 Å². The topological polar surface area (TPSA) is 45.0 Å². The van der Waals surface area contributed by atoms with E-state index in [1.807, 2.05) is 20.8 Å². The number of halogens is 1. The first-order valence-electron chi connectivity index (χ1n) is 6.07. The Morgan fingerprint density at radius 2 is 2.17 bits per heavy atom. The van der Waals surface area contributed by atoms with Crippen LogP contribution >= 0.6 is 0 Å². The smallest absolute Gasteiger partial charge is 0.126 e. The number of hydrogen-bond acceptors (Lipinski definition) is 3. The zero-order chi connectivity index (χ0) is 13.5. The molecule has 0 aliphatic heterocycles. The number of benzene rings is 1. The molecule has 3 nitrogen and oxygen atoms in total. The molecule has 0 saturated heterocycles. The maximum atomic E-state index is 13.0. The fourth-order valence-electron chi connectivity index (χ4n) is 1.60. The molecule has 1 rings (SSSR count). The van der Waals surface area contributed by atoms with Gasteiger partial charge in [0.1, 0.15) is 11.6 Å². The lowest BCUT2D eigenvalue weighted by molar-refractivity contribution is 0.291. The minimum Gasteiger partial charge on any atom is -0.493 e. The van der Waals surface area contributed by atoms with Crippen LogP contribution in [0, 0.1) is 24.1 Å². The van der Waals surface area contributed by atoms with E-state index in [1.54, 1.807) is 6.07 Å².